The van der Waals surface area contributed by atoms with Crippen molar-refractivity contribution in [3.05, 3.63) is 119 Å². The molecule has 0 fully saturated rings. The fourth-order valence-electron chi connectivity index (χ4n) is 4.54. The minimum absolute atomic E-state index is 0.276. The molecule has 4 aromatic carbocycles. The molecule has 0 radical (unpaired) electrons. The second-order valence-corrected chi connectivity index (χ2v) is 8.47. The van der Waals surface area contributed by atoms with Crippen LogP contribution in [-0.2, 0) is 6.42 Å². The van der Waals surface area contributed by atoms with Crippen LogP contribution in [0.4, 0.5) is 11.4 Å². The number of rotatable bonds is 6. The van der Waals surface area contributed by atoms with Gasteiger partial charge in [-0.2, -0.15) is 0 Å². The van der Waals surface area contributed by atoms with Crippen LogP contribution in [0.25, 0.3) is 11.1 Å². The minimum atomic E-state index is 0.276. The standard InChI is InChI=1S/C29H28N2/c1-20(22-9-5-3-6-10-22)30-26-13-15-28-24(18-26)17-25-19-27(14-16-29(25)28)31-21(2)23-11-7-4-8-12-23/h3-16,18-21,30-31H,17H2,1-2H3/t20-,21-/m1/s1. The first-order chi connectivity index (χ1) is 15.2. The molecule has 2 heteroatoms. The van der Waals surface area contributed by atoms with Crippen molar-refractivity contribution in [1.82, 2.24) is 0 Å². The highest BCUT2D eigenvalue weighted by Gasteiger charge is 2.20. The first-order valence-corrected chi connectivity index (χ1v) is 11.1. The van der Waals surface area contributed by atoms with E-state index in [1.807, 2.05) is 0 Å². The van der Waals surface area contributed by atoms with Crippen molar-refractivity contribution < 1.29 is 0 Å². The monoisotopic (exact) mass is 404 g/mol. The Kier molecular flexibility index (Phi) is 5.21. The van der Waals surface area contributed by atoms with Gasteiger partial charge in [-0.1, -0.05) is 72.8 Å². The van der Waals surface area contributed by atoms with Gasteiger partial charge in [0.2, 0.25) is 0 Å². The zero-order valence-electron chi connectivity index (χ0n) is 18.1. The smallest absolute Gasteiger partial charge is 0.0485 e. The van der Waals surface area contributed by atoms with Crippen molar-refractivity contribution in [3.63, 3.8) is 0 Å². The summed E-state index contributed by atoms with van der Waals surface area (Å²) in [6.07, 6.45) is 0.981. The molecule has 31 heavy (non-hydrogen) atoms. The van der Waals surface area contributed by atoms with Gasteiger partial charge in [-0.3, -0.25) is 0 Å². The van der Waals surface area contributed by atoms with Gasteiger partial charge in [-0.15, -0.1) is 0 Å². The summed E-state index contributed by atoms with van der Waals surface area (Å²) in [5, 5.41) is 7.32. The van der Waals surface area contributed by atoms with Crippen molar-refractivity contribution in [2.75, 3.05) is 10.6 Å². The average molecular weight is 405 g/mol. The minimum Gasteiger partial charge on any atom is -0.379 e. The molecule has 4 aromatic rings. The summed E-state index contributed by atoms with van der Waals surface area (Å²) in [7, 11) is 0. The number of fused-ring (bicyclic) bond motifs is 3. The van der Waals surface area contributed by atoms with Gasteiger partial charge in [-0.25, -0.2) is 0 Å². The molecule has 2 atom stereocenters. The quantitative estimate of drug-likeness (QED) is 0.304. The van der Waals surface area contributed by atoms with E-state index in [-0.39, 0.29) is 12.1 Å². The van der Waals surface area contributed by atoms with Crippen molar-refractivity contribution >= 4 is 11.4 Å². The van der Waals surface area contributed by atoms with E-state index >= 15 is 0 Å². The summed E-state index contributed by atoms with van der Waals surface area (Å²) >= 11 is 0. The van der Waals surface area contributed by atoms with E-state index in [0.717, 1.165) is 6.42 Å². The molecule has 0 aromatic heterocycles. The molecule has 2 nitrogen and oxygen atoms in total. The van der Waals surface area contributed by atoms with Gasteiger partial charge in [0, 0.05) is 23.5 Å². The maximum atomic E-state index is 3.66. The van der Waals surface area contributed by atoms with Crippen molar-refractivity contribution in [3.8, 4) is 11.1 Å². The third-order valence-electron chi connectivity index (χ3n) is 6.25. The van der Waals surface area contributed by atoms with Crippen LogP contribution < -0.4 is 10.6 Å². The summed E-state index contributed by atoms with van der Waals surface area (Å²) in [5.74, 6) is 0. The van der Waals surface area contributed by atoms with E-state index in [2.05, 4.69) is 122 Å². The first-order valence-electron chi connectivity index (χ1n) is 11.1. The Bertz CT molecular complexity index is 1090. The Morgan fingerprint density at radius 1 is 0.548 bits per heavy atom. The van der Waals surface area contributed by atoms with Crippen molar-refractivity contribution in [2.24, 2.45) is 0 Å². The van der Waals surface area contributed by atoms with Gasteiger partial charge in [0.05, 0.1) is 0 Å². The van der Waals surface area contributed by atoms with Crippen LogP contribution in [0.3, 0.4) is 0 Å². The van der Waals surface area contributed by atoms with Crippen LogP contribution in [-0.4, -0.2) is 0 Å². The SMILES string of the molecule is C[C@@H](Nc1ccc2c(c1)Cc1cc(N[C@H](C)c3ccccc3)ccc1-2)c1ccccc1. The highest BCUT2D eigenvalue weighted by Crippen LogP contribution is 2.39. The van der Waals surface area contributed by atoms with Crippen molar-refractivity contribution in [2.45, 2.75) is 32.4 Å². The molecular weight excluding hydrogens is 376 g/mol. The van der Waals surface area contributed by atoms with Gasteiger partial charge < -0.3 is 10.6 Å². The molecule has 0 saturated heterocycles. The Morgan fingerprint density at radius 3 is 1.39 bits per heavy atom. The third-order valence-corrected chi connectivity index (χ3v) is 6.25. The molecule has 0 spiro atoms. The van der Waals surface area contributed by atoms with Gasteiger partial charge in [-0.05, 0) is 77.9 Å². The Balaban J connectivity index is 1.32. The zero-order valence-corrected chi connectivity index (χ0v) is 18.1. The van der Waals surface area contributed by atoms with Gasteiger partial charge in [0.25, 0.3) is 0 Å². The van der Waals surface area contributed by atoms with E-state index in [4.69, 9.17) is 0 Å². The van der Waals surface area contributed by atoms with Crippen LogP contribution in [0.1, 0.15) is 48.2 Å². The highest BCUT2D eigenvalue weighted by molar-refractivity contribution is 5.80. The molecule has 0 aliphatic heterocycles. The molecular formula is C29H28N2. The van der Waals surface area contributed by atoms with Crippen molar-refractivity contribution in [1.29, 1.82) is 0 Å². The lowest BCUT2D eigenvalue weighted by Crippen LogP contribution is -2.06. The molecule has 0 unspecified atom stereocenters. The largest absolute Gasteiger partial charge is 0.379 e. The zero-order chi connectivity index (χ0) is 21.2. The summed E-state index contributed by atoms with van der Waals surface area (Å²) in [6.45, 7) is 4.42. The van der Waals surface area contributed by atoms with Crippen LogP contribution in [0.15, 0.2) is 97.1 Å². The predicted octanol–water partition coefficient (Wildman–Crippen LogP) is 7.60. The molecule has 1 aliphatic rings. The number of anilines is 2. The fourth-order valence-corrected chi connectivity index (χ4v) is 4.54. The van der Waals surface area contributed by atoms with Crippen LogP contribution in [0.2, 0.25) is 0 Å². The van der Waals surface area contributed by atoms with E-state index in [0.29, 0.717) is 0 Å². The molecule has 0 saturated carbocycles. The Labute approximate surface area is 185 Å². The second-order valence-electron chi connectivity index (χ2n) is 8.47. The lowest BCUT2D eigenvalue weighted by atomic mass is 10.0. The Hall–Kier alpha value is -3.52. The third kappa shape index (κ3) is 4.06. The van der Waals surface area contributed by atoms with Gasteiger partial charge >= 0.3 is 0 Å². The molecule has 5 rings (SSSR count). The van der Waals surface area contributed by atoms with E-state index in [1.54, 1.807) is 0 Å². The number of nitrogens with one attached hydrogen (secondary N) is 2. The molecule has 0 amide bonds. The first kappa shape index (κ1) is 19.4. The normalized spacial score (nSPS) is 13.7. The predicted molar refractivity (Wildman–Crippen MR) is 132 cm³/mol. The summed E-state index contributed by atoms with van der Waals surface area (Å²) in [4.78, 5) is 0. The maximum absolute atomic E-state index is 3.66. The molecule has 2 N–H and O–H groups in total. The lowest BCUT2D eigenvalue weighted by molar-refractivity contribution is 0.884. The summed E-state index contributed by atoms with van der Waals surface area (Å²) in [5.41, 5.74) is 10.5. The molecule has 154 valence electrons. The summed E-state index contributed by atoms with van der Waals surface area (Å²) in [6, 6.07) is 35.3. The van der Waals surface area contributed by atoms with Crippen LogP contribution in [0.5, 0.6) is 0 Å². The van der Waals surface area contributed by atoms with Crippen LogP contribution in [0, 0.1) is 0 Å². The molecule has 0 bridgehead atoms. The molecule has 1 aliphatic carbocycles. The summed E-state index contributed by atoms with van der Waals surface area (Å²) < 4.78 is 0. The second kappa shape index (κ2) is 8.31. The van der Waals surface area contributed by atoms with E-state index in [9.17, 15) is 0 Å². The maximum Gasteiger partial charge on any atom is 0.0485 e. The Morgan fingerprint density at radius 2 is 0.968 bits per heavy atom. The topological polar surface area (TPSA) is 24.1 Å². The average Bonchev–Trinajstić information content (AvgIpc) is 3.17. The van der Waals surface area contributed by atoms with E-state index in [1.165, 1.54) is 44.8 Å². The number of hydrogen-bond donors (Lipinski definition) is 2. The van der Waals surface area contributed by atoms with Crippen LogP contribution >= 0.6 is 0 Å². The van der Waals surface area contributed by atoms with E-state index < -0.39 is 0 Å². The molecule has 0 heterocycles. The fraction of sp³-hybridized carbons (Fsp3) is 0.172. The van der Waals surface area contributed by atoms with Gasteiger partial charge in [0.1, 0.15) is 0 Å². The highest BCUT2D eigenvalue weighted by atomic mass is 14.9. The number of benzene rings is 4. The lowest BCUT2D eigenvalue weighted by Gasteiger charge is -2.17. The van der Waals surface area contributed by atoms with Gasteiger partial charge in [0.15, 0.2) is 0 Å². The number of hydrogen-bond acceptors (Lipinski definition) is 2.